The molecule has 1 unspecified atom stereocenters. The fourth-order valence-corrected chi connectivity index (χ4v) is 3.02. The smallest absolute Gasteiger partial charge is 0.230 e. The number of halogens is 2. The van der Waals surface area contributed by atoms with Crippen LogP contribution in [0.2, 0.25) is 10.0 Å². The first-order valence-corrected chi connectivity index (χ1v) is 8.15. The molecule has 1 amide bonds. The summed E-state index contributed by atoms with van der Waals surface area (Å²) in [7, 11) is 0. The summed E-state index contributed by atoms with van der Waals surface area (Å²) >= 11 is 13.2. The van der Waals surface area contributed by atoms with E-state index in [-0.39, 0.29) is 18.2 Å². The van der Waals surface area contributed by atoms with Gasteiger partial charge in [0.2, 0.25) is 5.91 Å². The molecule has 0 aromatic heterocycles. The SMILES string of the molecule is CCCC(C)(O)CNC(=O)CSc1cc(Cl)ccc1Cl. The molecule has 0 saturated carbocycles. The molecule has 3 nitrogen and oxygen atoms in total. The Hall–Kier alpha value is -0.420. The lowest BCUT2D eigenvalue weighted by Gasteiger charge is -2.22. The summed E-state index contributed by atoms with van der Waals surface area (Å²) in [6.45, 7) is 3.97. The van der Waals surface area contributed by atoms with E-state index in [4.69, 9.17) is 23.2 Å². The molecular formula is C14H19Cl2NO2S. The van der Waals surface area contributed by atoms with Gasteiger partial charge < -0.3 is 10.4 Å². The molecule has 20 heavy (non-hydrogen) atoms. The summed E-state index contributed by atoms with van der Waals surface area (Å²) in [4.78, 5) is 12.5. The van der Waals surface area contributed by atoms with Crippen LogP contribution >= 0.6 is 35.0 Å². The molecule has 0 bridgehead atoms. The molecule has 0 aliphatic carbocycles. The van der Waals surface area contributed by atoms with E-state index in [9.17, 15) is 9.90 Å². The number of hydrogen-bond donors (Lipinski definition) is 2. The van der Waals surface area contributed by atoms with Gasteiger partial charge >= 0.3 is 0 Å². The van der Waals surface area contributed by atoms with E-state index in [0.717, 1.165) is 11.3 Å². The first-order chi connectivity index (χ1) is 9.34. The van der Waals surface area contributed by atoms with Crippen LogP contribution in [0.15, 0.2) is 23.1 Å². The lowest BCUT2D eigenvalue weighted by Crippen LogP contribution is -2.41. The van der Waals surface area contributed by atoms with Crippen molar-refractivity contribution < 1.29 is 9.90 Å². The lowest BCUT2D eigenvalue weighted by atomic mass is 10.0. The number of carbonyl (C=O) groups is 1. The van der Waals surface area contributed by atoms with Crippen molar-refractivity contribution in [2.45, 2.75) is 37.2 Å². The van der Waals surface area contributed by atoms with Crippen molar-refractivity contribution >= 4 is 40.9 Å². The Morgan fingerprint density at radius 2 is 2.15 bits per heavy atom. The molecule has 1 aromatic rings. The monoisotopic (exact) mass is 335 g/mol. The first-order valence-electron chi connectivity index (χ1n) is 6.41. The zero-order valence-corrected chi connectivity index (χ0v) is 13.9. The molecular weight excluding hydrogens is 317 g/mol. The van der Waals surface area contributed by atoms with Crippen LogP contribution in [0.25, 0.3) is 0 Å². The maximum absolute atomic E-state index is 11.7. The van der Waals surface area contributed by atoms with Crippen LogP contribution in [-0.2, 0) is 4.79 Å². The number of rotatable bonds is 7. The average molecular weight is 336 g/mol. The minimum Gasteiger partial charge on any atom is -0.388 e. The van der Waals surface area contributed by atoms with Crippen molar-refractivity contribution in [1.29, 1.82) is 0 Å². The summed E-state index contributed by atoms with van der Waals surface area (Å²) in [6, 6.07) is 5.14. The second-order valence-electron chi connectivity index (χ2n) is 4.89. The number of benzene rings is 1. The molecule has 1 aromatic carbocycles. The van der Waals surface area contributed by atoms with Crippen molar-refractivity contribution in [3.05, 3.63) is 28.2 Å². The van der Waals surface area contributed by atoms with Gasteiger partial charge in [-0.2, -0.15) is 0 Å². The summed E-state index contributed by atoms with van der Waals surface area (Å²) < 4.78 is 0. The molecule has 0 heterocycles. The average Bonchev–Trinajstić information content (AvgIpc) is 2.37. The lowest BCUT2D eigenvalue weighted by molar-refractivity contribution is -0.119. The van der Waals surface area contributed by atoms with E-state index in [1.54, 1.807) is 25.1 Å². The highest BCUT2D eigenvalue weighted by Crippen LogP contribution is 2.29. The molecule has 0 spiro atoms. The molecule has 0 aliphatic heterocycles. The van der Waals surface area contributed by atoms with Crippen LogP contribution in [0.5, 0.6) is 0 Å². The minimum atomic E-state index is -0.858. The highest BCUT2D eigenvalue weighted by Gasteiger charge is 2.19. The van der Waals surface area contributed by atoms with Crippen molar-refractivity contribution in [3.63, 3.8) is 0 Å². The standard InChI is InChI=1S/C14H19Cl2NO2S/c1-3-6-14(2,19)9-17-13(18)8-20-12-7-10(15)4-5-11(12)16/h4-5,7,19H,3,6,8-9H2,1-2H3,(H,17,18). The summed E-state index contributed by atoms with van der Waals surface area (Å²) in [5.74, 6) is 0.102. The van der Waals surface area contributed by atoms with Gasteiger partial charge in [-0.15, -0.1) is 11.8 Å². The molecule has 0 radical (unpaired) electrons. The van der Waals surface area contributed by atoms with Crippen LogP contribution in [-0.4, -0.2) is 28.9 Å². The first kappa shape index (κ1) is 17.6. The highest BCUT2D eigenvalue weighted by molar-refractivity contribution is 8.00. The Balaban J connectivity index is 2.42. The maximum Gasteiger partial charge on any atom is 0.230 e. The van der Waals surface area contributed by atoms with Crippen LogP contribution < -0.4 is 5.32 Å². The summed E-state index contributed by atoms with van der Waals surface area (Å²) in [5.41, 5.74) is -0.858. The topological polar surface area (TPSA) is 49.3 Å². The van der Waals surface area contributed by atoms with E-state index >= 15 is 0 Å². The van der Waals surface area contributed by atoms with Gasteiger partial charge in [-0.1, -0.05) is 36.5 Å². The summed E-state index contributed by atoms with van der Waals surface area (Å²) in [5, 5.41) is 13.9. The van der Waals surface area contributed by atoms with Crippen molar-refractivity contribution in [3.8, 4) is 0 Å². The summed E-state index contributed by atoms with van der Waals surface area (Å²) in [6.07, 6.45) is 1.52. The second-order valence-corrected chi connectivity index (χ2v) is 6.75. The van der Waals surface area contributed by atoms with Gasteiger partial charge in [0.15, 0.2) is 0 Å². The number of amides is 1. The number of nitrogens with one attached hydrogen (secondary N) is 1. The number of hydrogen-bond acceptors (Lipinski definition) is 3. The van der Waals surface area contributed by atoms with Gasteiger partial charge in [0.05, 0.1) is 16.4 Å². The van der Waals surface area contributed by atoms with E-state index in [2.05, 4.69) is 5.32 Å². The van der Waals surface area contributed by atoms with Crippen LogP contribution in [0, 0.1) is 0 Å². The second kappa shape index (κ2) is 8.13. The molecule has 112 valence electrons. The Morgan fingerprint density at radius 3 is 2.80 bits per heavy atom. The van der Waals surface area contributed by atoms with E-state index in [0.29, 0.717) is 16.5 Å². The van der Waals surface area contributed by atoms with Gasteiger partial charge in [0, 0.05) is 16.5 Å². The molecule has 0 fully saturated rings. The Labute approximate surface area is 134 Å². The van der Waals surface area contributed by atoms with E-state index < -0.39 is 5.60 Å². The molecule has 1 rings (SSSR count). The third kappa shape index (κ3) is 6.35. The van der Waals surface area contributed by atoms with Crippen molar-refractivity contribution in [2.75, 3.05) is 12.3 Å². The van der Waals surface area contributed by atoms with E-state index in [1.165, 1.54) is 11.8 Å². The fourth-order valence-electron chi connectivity index (χ4n) is 1.70. The van der Waals surface area contributed by atoms with Gasteiger partial charge in [0.25, 0.3) is 0 Å². The quantitative estimate of drug-likeness (QED) is 0.746. The van der Waals surface area contributed by atoms with Gasteiger partial charge in [-0.3, -0.25) is 4.79 Å². The van der Waals surface area contributed by atoms with Crippen molar-refractivity contribution in [1.82, 2.24) is 5.32 Å². The van der Waals surface area contributed by atoms with Crippen LogP contribution in [0.3, 0.4) is 0 Å². The number of carbonyl (C=O) groups excluding carboxylic acids is 1. The van der Waals surface area contributed by atoms with Gasteiger partial charge in [-0.05, 0) is 31.5 Å². The van der Waals surface area contributed by atoms with Crippen molar-refractivity contribution in [2.24, 2.45) is 0 Å². The predicted octanol–water partition coefficient (Wildman–Crippen LogP) is 3.75. The minimum absolute atomic E-state index is 0.137. The van der Waals surface area contributed by atoms with Gasteiger partial charge in [0.1, 0.15) is 0 Å². The molecule has 2 N–H and O–H groups in total. The molecule has 1 atom stereocenters. The third-order valence-electron chi connectivity index (χ3n) is 2.71. The molecule has 0 saturated heterocycles. The predicted molar refractivity (Wildman–Crippen MR) is 85.7 cm³/mol. The third-order valence-corrected chi connectivity index (χ3v) is 4.44. The Bertz CT molecular complexity index is 466. The van der Waals surface area contributed by atoms with Gasteiger partial charge in [-0.25, -0.2) is 0 Å². The Kier molecular flexibility index (Phi) is 7.17. The van der Waals surface area contributed by atoms with Crippen LogP contribution in [0.4, 0.5) is 0 Å². The number of aliphatic hydroxyl groups is 1. The highest BCUT2D eigenvalue weighted by atomic mass is 35.5. The largest absolute Gasteiger partial charge is 0.388 e. The van der Waals surface area contributed by atoms with E-state index in [1.807, 2.05) is 6.92 Å². The molecule has 0 aliphatic rings. The zero-order valence-electron chi connectivity index (χ0n) is 11.6. The zero-order chi connectivity index (χ0) is 15.2. The molecule has 6 heteroatoms. The number of thioether (sulfide) groups is 1. The van der Waals surface area contributed by atoms with Crippen LogP contribution in [0.1, 0.15) is 26.7 Å². The maximum atomic E-state index is 11.7. The fraction of sp³-hybridized carbons (Fsp3) is 0.500. The Morgan fingerprint density at radius 1 is 1.45 bits per heavy atom. The normalized spacial score (nSPS) is 13.8.